The lowest BCUT2D eigenvalue weighted by Crippen LogP contribution is -2.31. The maximum atomic E-state index is 11.2. The Bertz CT molecular complexity index is 379. The van der Waals surface area contributed by atoms with Crippen LogP contribution in [0.25, 0.3) is 0 Å². The van der Waals surface area contributed by atoms with Crippen LogP contribution in [0, 0.1) is 0 Å². The number of hydrogen-bond donors (Lipinski definition) is 1. The SMILES string of the molecule is CCO[C@H](C)n1ccc(=O)[nH]c1=O. The van der Waals surface area contributed by atoms with Gasteiger partial charge in [-0.25, -0.2) is 4.79 Å². The van der Waals surface area contributed by atoms with Crippen molar-refractivity contribution < 1.29 is 4.74 Å². The van der Waals surface area contributed by atoms with E-state index in [1.54, 1.807) is 6.92 Å². The number of H-pyrrole nitrogens is 1. The molecule has 0 bridgehead atoms. The molecule has 0 aliphatic heterocycles. The molecule has 0 saturated carbocycles. The molecule has 0 unspecified atom stereocenters. The van der Waals surface area contributed by atoms with Crippen molar-refractivity contribution >= 4 is 0 Å². The van der Waals surface area contributed by atoms with Gasteiger partial charge in [-0.05, 0) is 13.8 Å². The van der Waals surface area contributed by atoms with Gasteiger partial charge in [-0.2, -0.15) is 0 Å². The Hall–Kier alpha value is -1.36. The number of hydrogen-bond acceptors (Lipinski definition) is 3. The van der Waals surface area contributed by atoms with Crippen LogP contribution in [0.5, 0.6) is 0 Å². The third kappa shape index (κ3) is 2.29. The zero-order chi connectivity index (χ0) is 9.84. The van der Waals surface area contributed by atoms with Crippen LogP contribution in [0.2, 0.25) is 0 Å². The van der Waals surface area contributed by atoms with Gasteiger partial charge in [0.15, 0.2) is 0 Å². The highest BCUT2D eigenvalue weighted by molar-refractivity contribution is 4.83. The summed E-state index contributed by atoms with van der Waals surface area (Å²) in [5, 5.41) is 0. The maximum Gasteiger partial charge on any atom is 0.330 e. The van der Waals surface area contributed by atoms with Gasteiger partial charge in [-0.1, -0.05) is 0 Å². The average Bonchev–Trinajstić information content (AvgIpc) is 2.04. The minimum absolute atomic E-state index is 0.352. The number of ether oxygens (including phenoxy) is 1. The van der Waals surface area contributed by atoms with Gasteiger partial charge in [0.05, 0.1) is 0 Å². The van der Waals surface area contributed by atoms with Crippen LogP contribution in [0.15, 0.2) is 21.9 Å². The Morgan fingerprint density at radius 2 is 2.31 bits per heavy atom. The van der Waals surface area contributed by atoms with Crippen LogP contribution >= 0.6 is 0 Å². The van der Waals surface area contributed by atoms with Crippen molar-refractivity contribution in [3.63, 3.8) is 0 Å². The van der Waals surface area contributed by atoms with Crippen LogP contribution in [0.4, 0.5) is 0 Å². The Labute approximate surface area is 75.0 Å². The topological polar surface area (TPSA) is 64.1 Å². The Morgan fingerprint density at radius 1 is 1.62 bits per heavy atom. The first-order valence-corrected chi connectivity index (χ1v) is 4.08. The number of rotatable bonds is 3. The molecule has 0 fully saturated rings. The van der Waals surface area contributed by atoms with Crippen molar-refractivity contribution in [3.05, 3.63) is 33.1 Å². The van der Waals surface area contributed by atoms with Gasteiger partial charge in [0.2, 0.25) is 0 Å². The predicted molar refractivity (Wildman–Crippen MR) is 47.7 cm³/mol. The van der Waals surface area contributed by atoms with E-state index in [0.29, 0.717) is 6.61 Å². The number of aromatic amines is 1. The zero-order valence-electron chi connectivity index (χ0n) is 7.61. The summed E-state index contributed by atoms with van der Waals surface area (Å²) >= 11 is 0. The molecule has 5 heteroatoms. The van der Waals surface area contributed by atoms with Gasteiger partial charge in [0.25, 0.3) is 5.56 Å². The van der Waals surface area contributed by atoms with E-state index in [2.05, 4.69) is 4.98 Å². The van der Waals surface area contributed by atoms with Gasteiger partial charge >= 0.3 is 5.69 Å². The Balaban J connectivity index is 3.02. The monoisotopic (exact) mass is 184 g/mol. The lowest BCUT2D eigenvalue weighted by atomic mass is 10.5. The highest BCUT2D eigenvalue weighted by Gasteiger charge is 2.04. The molecular weight excluding hydrogens is 172 g/mol. The summed E-state index contributed by atoms with van der Waals surface area (Å²) in [6.07, 6.45) is 1.07. The number of nitrogens with one attached hydrogen (secondary N) is 1. The predicted octanol–water partition coefficient (Wildman–Crippen LogP) is 0.0916. The van der Waals surface area contributed by atoms with Gasteiger partial charge in [0, 0.05) is 18.9 Å². The average molecular weight is 184 g/mol. The second-order valence-electron chi connectivity index (χ2n) is 2.57. The van der Waals surface area contributed by atoms with Gasteiger partial charge < -0.3 is 4.74 Å². The fraction of sp³-hybridized carbons (Fsp3) is 0.500. The van der Waals surface area contributed by atoms with E-state index in [1.807, 2.05) is 6.92 Å². The molecule has 0 saturated heterocycles. The second kappa shape index (κ2) is 4.04. The standard InChI is InChI=1S/C8H12N2O3/c1-3-13-6(2)10-5-4-7(11)9-8(10)12/h4-6H,3H2,1-2H3,(H,9,11,12)/t6-/m1/s1. The quantitative estimate of drug-likeness (QED) is 0.724. The smallest absolute Gasteiger partial charge is 0.330 e. The molecule has 0 aliphatic carbocycles. The number of aromatic nitrogens is 2. The molecule has 1 aromatic heterocycles. The second-order valence-corrected chi connectivity index (χ2v) is 2.57. The molecule has 0 radical (unpaired) electrons. The van der Waals surface area contributed by atoms with Gasteiger partial charge in [0.1, 0.15) is 6.23 Å². The highest BCUT2D eigenvalue weighted by atomic mass is 16.5. The molecule has 0 spiro atoms. The summed E-state index contributed by atoms with van der Waals surface area (Å²) in [5.74, 6) is 0. The van der Waals surface area contributed by atoms with E-state index >= 15 is 0 Å². The van der Waals surface area contributed by atoms with Crippen molar-refractivity contribution in [2.24, 2.45) is 0 Å². The molecule has 5 nitrogen and oxygen atoms in total. The van der Waals surface area contributed by atoms with E-state index in [0.717, 1.165) is 0 Å². The van der Waals surface area contributed by atoms with Gasteiger partial charge in [-0.15, -0.1) is 0 Å². The normalized spacial score (nSPS) is 12.8. The van der Waals surface area contributed by atoms with E-state index in [9.17, 15) is 9.59 Å². The summed E-state index contributed by atoms with van der Waals surface area (Å²) in [5.41, 5.74) is -0.849. The van der Waals surface area contributed by atoms with E-state index in [-0.39, 0.29) is 6.23 Å². The van der Waals surface area contributed by atoms with Crippen molar-refractivity contribution in [2.45, 2.75) is 20.1 Å². The third-order valence-corrected chi connectivity index (χ3v) is 1.65. The highest BCUT2D eigenvalue weighted by Crippen LogP contribution is 2.00. The molecule has 1 N–H and O–H groups in total. The van der Waals surface area contributed by atoms with Crippen molar-refractivity contribution in [1.82, 2.24) is 9.55 Å². The van der Waals surface area contributed by atoms with Crippen LogP contribution in [0.1, 0.15) is 20.1 Å². The molecular formula is C8H12N2O3. The summed E-state index contributed by atoms with van der Waals surface area (Å²) in [7, 11) is 0. The Morgan fingerprint density at radius 3 is 2.85 bits per heavy atom. The molecule has 72 valence electrons. The lowest BCUT2D eigenvalue weighted by Gasteiger charge is -2.13. The summed E-state index contributed by atoms with van der Waals surface area (Å²) in [6, 6.07) is 1.29. The van der Waals surface area contributed by atoms with Crippen LogP contribution in [0.3, 0.4) is 0 Å². The van der Waals surface area contributed by atoms with Crippen molar-refractivity contribution in [3.8, 4) is 0 Å². The minimum atomic E-state index is -0.451. The van der Waals surface area contributed by atoms with E-state index < -0.39 is 11.2 Å². The summed E-state index contributed by atoms with van der Waals surface area (Å²) < 4.78 is 6.51. The molecule has 1 atom stereocenters. The first kappa shape index (κ1) is 9.73. The van der Waals surface area contributed by atoms with Crippen LogP contribution < -0.4 is 11.2 Å². The first-order chi connectivity index (χ1) is 6.15. The molecule has 0 aliphatic rings. The third-order valence-electron chi connectivity index (χ3n) is 1.65. The minimum Gasteiger partial charge on any atom is -0.358 e. The first-order valence-electron chi connectivity index (χ1n) is 4.08. The number of nitrogens with zero attached hydrogens (tertiary/aromatic N) is 1. The molecule has 0 amide bonds. The van der Waals surface area contributed by atoms with E-state index in [4.69, 9.17) is 4.74 Å². The van der Waals surface area contributed by atoms with E-state index in [1.165, 1.54) is 16.8 Å². The van der Waals surface area contributed by atoms with Crippen LogP contribution in [-0.2, 0) is 4.74 Å². The van der Waals surface area contributed by atoms with Crippen molar-refractivity contribution in [1.29, 1.82) is 0 Å². The summed E-state index contributed by atoms with van der Waals surface area (Å²) in [6.45, 7) is 4.10. The summed E-state index contributed by atoms with van der Waals surface area (Å²) in [4.78, 5) is 24.0. The molecule has 0 aromatic carbocycles. The molecule has 1 heterocycles. The lowest BCUT2D eigenvalue weighted by molar-refractivity contribution is 0.0212. The molecule has 13 heavy (non-hydrogen) atoms. The van der Waals surface area contributed by atoms with Crippen molar-refractivity contribution in [2.75, 3.05) is 6.61 Å². The molecule has 1 aromatic rings. The largest absolute Gasteiger partial charge is 0.358 e. The fourth-order valence-corrected chi connectivity index (χ4v) is 1.04. The van der Waals surface area contributed by atoms with Crippen LogP contribution in [-0.4, -0.2) is 16.2 Å². The van der Waals surface area contributed by atoms with Gasteiger partial charge in [-0.3, -0.25) is 14.3 Å². The molecule has 1 rings (SSSR count). The maximum absolute atomic E-state index is 11.2. The fourth-order valence-electron chi connectivity index (χ4n) is 1.04. The Kier molecular flexibility index (Phi) is 3.02. The zero-order valence-corrected chi connectivity index (χ0v) is 7.61.